The second-order valence-corrected chi connectivity index (χ2v) is 7.97. The number of carbonyl (C=O) groups excluding carboxylic acids is 2. The van der Waals surface area contributed by atoms with Gasteiger partial charge in [0.2, 0.25) is 11.8 Å². The van der Waals surface area contributed by atoms with Crippen molar-refractivity contribution in [2.75, 3.05) is 6.54 Å². The van der Waals surface area contributed by atoms with Gasteiger partial charge in [0.25, 0.3) is 0 Å². The van der Waals surface area contributed by atoms with Gasteiger partial charge in [-0.15, -0.1) is 11.3 Å². The molecule has 0 saturated carbocycles. The first-order valence-corrected chi connectivity index (χ1v) is 10.5. The zero-order chi connectivity index (χ0) is 19.4. The largest absolute Gasteiger partial charge is 0.348 e. The molecule has 6 heteroatoms. The zero-order valence-electron chi connectivity index (χ0n) is 16.2. The van der Waals surface area contributed by atoms with Gasteiger partial charge < -0.3 is 10.2 Å². The van der Waals surface area contributed by atoms with E-state index in [1.165, 1.54) is 4.88 Å². The Morgan fingerprint density at radius 2 is 2.07 bits per heavy atom. The van der Waals surface area contributed by atoms with Gasteiger partial charge in [0, 0.05) is 13.0 Å². The maximum Gasteiger partial charge on any atom is 0.243 e. The van der Waals surface area contributed by atoms with Gasteiger partial charge >= 0.3 is 0 Å². The molecule has 1 aliphatic heterocycles. The number of rotatable bonds is 6. The van der Waals surface area contributed by atoms with Gasteiger partial charge in [-0.1, -0.05) is 31.2 Å². The van der Waals surface area contributed by atoms with Crippen LogP contribution >= 0.6 is 11.3 Å². The third kappa shape index (κ3) is 4.38. The Labute approximate surface area is 164 Å². The van der Waals surface area contributed by atoms with E-state index < -0.39 is 0 Å². The molecule has 2 aromatic rings. The van der Waals surface area contributed by atoms with Gasteiger partial charge in [-0.2, -0.15) is 0 Å². The molecule has 1 aliphatic rings. The molecule has 0 radical (unpaired) electrons. The molecule has 0 aliphatic carbocycles. The molecule has 27 heavy (non-hydrogen) atoms. The zero-order valence-corrected chi connectivity index (χ0v) is 17.0. The van der Waals surface area contributed by atoms with Crippen molar-refractivity contribution >= 4 is 23.2 Å². The molecule has 2 heterocycles. The summed E-state index contributed by atoms with van der Waals surface area (Å²) in [6, 6.07) is 7.82. The van der Waals surface area contributed by atoms with E-state index in [0.29, 0.717) is 13.0 Å². The summed E-state index contributed by atoms with van der Waals surface area (Å²) in [5.74, 6) is 0.0407. The van der Waals surface area contributed by atoms with Crippen molar-refractivity contribution in [2.24, 2.45) is 0 Å². The van der Waals surface area contributed by atoms with Crippen molar-refractivity contribution in [3.05, 3.63) is 41.0 Å². The number of nitrogens with one attached hydrogen (secondary N) is 1. The molecule has 1 aromatic carbocycles. The number of nitrogens with zero attached hydrogens (tertiary/aromatic N) is 2. The lowest BCUT2D eigenvalue weighted by Crippen LogP contribution is -2.46. The van der Waals surface area contributed by atoms with E-state index in [1.807, 2.05) is 38.4 Å². The Morgan fingerprint density at radius 1 is 1.33 bits per heavy atom. The SMILES string of the molecule is CCCC(=O)N1CCCC1C(=O)NC(C)c1ccc(-c2scnc2C)cc1. The molecule has 2 atom stereocenters. The Kier molecular flexibility index (Phi) is 6.26. The van der Waals surface area contributed by atoms with Crippen LogP contribution in [0.3, 0.4) is 0 Å². The quantitative estimate of drug-likeness (QED) is 0.815. The highest BCUT2D eigenvalue weighted by Gasteiger charge is 2.34. The average Bonchev–Trinajstić information content (AvgIpc) is 3.31. The second-order valence-electron chi connectivity index (χ2n) is 7.11. The van der Waals surface area contributed by atoms with Crippen LogP contribution in [0, 0.1) is 6.92 Å². The number of aromatic nitrogens is 1. The number of carbonyl (C=O) groups is 2. The van der Waals surface area contributed by atoms with Crippen molar-refractivity contribution < 1.29 is 9.59 Å². The van der Waals surface area contributed by atoms with E-state index in [0.717, 1.165) is 36.1 Å². The molecule has 144 valence electrons. The van der Waals surface area contributed by atoms with Gasteiger partial charge in [-0.25, -0.2) is 4.98 Å². The van der Waals surface area contributed by atoms with Crippen LogP contribution in [0.5, 0.6) is 0 Å². The van der Waals surface area contributed by atoms with Gasteiger partial charge in [0.1, 0.15) is 6.04 Å². The fraction of sp³-hybridized carbons (Fsp3) is 0.476. The van der Waals surface area contributed by atoms with Crippen LogP contribution in [0.25, 0.3) is 10.4 Å². The molecular weight excluding hydrogens is 358 g/mol. The number of hydrogen-bond donors (Lipinski definition) is 1. The van der Waals surface area contributed by atoms with E-state index in [-0.39, 0.29) is 23.9 Å². The summed E-state index contributed by atoms with van der Waals surface area (Å²) in [6.07, 6.45) is 2.96. The van der Waals surface area contributed by atoms with Crippen LogP contribution < -0.4 is 5.32 Å². The fourth-order valence-corrected chi connectivity index (χ4v) is 4.40. The summed E-state index contributed by atoms with van der Waals surface area (Å²) in [5, 5.41) is 3.09. The summed E-state index contributed by atoms with van der Waals surface area (Å²) in [5.41, 5.74) is 5.09. The molecule has 1 aromatic heterocycles. The minimum atomic E-state index is -0.328. The van der Waals surface area contributed by atoms with Gasteiger partial charge in [0.15, 0.2) is 0 Å². The van der Waals surface area contributed by atoms with Crippen LogP contribution in [0.1, 0.15) is 56.8 Å². The van der Waals surface area contributed by atoms with Crippen molar-refractivity contribution in [3.8, 4) is 10.4 Å². The molecular formula is C21H27N3O2S. The Bertz CT molecular complexity index is 800. The van der Waals surface area contributed by atoms with Crippen molar-refractivity contribution in [1.29, 1.82) is 0 Å². The topological polar surface area (TPSA) is 62.3 Å². The highest BCUT2D eigenvalue weighted by atomic mass is 32.1. The maximum atomic E-state index is 12.7. The number of thiazole rings is 1. The van der Waals surface area contributed by atoms with E-state index >= 15 is 0 Å². The minimum Gasteiger partial charge on any atom is -0.348 e. The third-order valence-corrected chi connectivity index (χ3v) is 6.09. The van der Waals surface area contributed by atoms with Gasteiger partial charge in [-0.05, 0) is 44.2 Å². The van der Waals surface area contributed by atoms with Gasteiger partial charge in [0.05, 0.1) is 22.1 Å². The monoisotopic (exact) mass is 385 g/mol. The van der Waals surface area contributed by atoms with Crippen LogP contribution in [0.4, 0.5) is 0 Å². The Morgan fingerprint density at radius 3 is 2.70 bits per heavy atom. The summed E-state index contributed by atoms with van der Waals surface area (Å²) >= 11 is 1.63. The molecule has 2 amide bonds. The van der Waals surface area contributed by atoms with Crippen LogP contribution in [0.15, 0.2) is 29.8 Å². The van der Waals surface area contributed by atoms with Crippen LogP contribution in [0.2, 0.25) is 0 Å². The summed E-state index contributed by atoms with van der Waals surface area (Å²) in [4.78, 5) is 32.2. The highest BCUT2D eigenvalue weighted by Crippen LogP contribution is 2.28. The van der Waals surface area contributed by atoms with Crippen LogP contribution in [-0.2, 0) is 9.59 Å². The minimum absolute atomic E-state index is 0.0492. The smallest absolute Gasteiger partial charge is 0.243 e. The molecule has 1 fully saturated rings. The first-order valence-electron chi connectivity index (χ1n) is 9.61. The number of benzene rings is 1. The van der Waals surface area contributed by atoms with Crippen LogP contribution in [-0.4, -0.2) is 34.3 Å². The number of amides is 2. The van der Waals surface area contributed by atoms with Crippen molar-refractivity contribution in [2.45, 2.75) is 58.5 Å². The Hall–Kier alpha value is -2.21. The summed E-state index contributed by atoms with van der Waals surface area (Å²) in [6.45, 7) is 6.67. The van der Waals surface area contributed by atoms with Gasteiger partial charge in [-0.3, -0.25) is 9.59 Å². The van der Waals surface area contributed by atoms with E-state index in [4.69, 9.17) is 0 Å². The first-order chi connectivity index (χ1) is 13.0. The predicted octanol–water partition coefficient (Wildman–Crippen LogP) is 4.09. The Balaban J connectivity index is 1.64. The molecule has 5 nitrogen and oxygen atoms in total. The number of likely N-dealkylation sites (tertiary alicyclic amines) is 1. The molecule has 0 bridgehead atoms. The van der Waals surface area contributed by atoms with Crippen molar-refractivity contribution in [3.63, 3.8) is 0 Å². The first kappa shape index (κ1) is 19.5. The predicted molar refractivity (Wildman–Crippen MR) is 108 cm³/mol. The summed E-state index contributed by atoms with van der Waals surface area (Å²) in [7, 11) is 0. The average molecular weight is 386 g/mol. The number of aryl methyl sites for hydroxylation is 1. The van der Waals surface area contributed by atoms with E-state index in [2.05, 4.69) is 22.4 Å². The number of hydrogen-bond acceptors (Lipinski definition) is 4. The lowest BCUT2D eigenvalue weighted by molar-refractivity contribution is -0.138. The highest BCUT2D eigenvalue weighted by molar-refractivity contribution is 7.13. The summed E-state index contributed by atoms with van der Waals surface area (Å²) < 4.78 is 0. The lowest BCUT2D eigenvalue weighted by atomic mass is 10.0. The fourth-order valence-electron chi connectivity index (χ4n) is 3.59. The van der Waals surface area contributed by atoms with E-state index in [9.17, 15) is 9.59 Å². The molecule has 2 unspecified atom stereocenters. The molecule has 1 N–H and O–H groups in total. The third-order valence-electron chi connectivity index (χ3n) is 5.12. The normalized spacial score (nSPS) is 17.7. The molecule has 3 rings (SSSR count). The second kappa shape index (κ2) is 8.65. The molecule has 1 saturated heterocycles. The van der Waals surface area contributed by atoms with E-state index in [1.54, 1.807) is 16.2 Å². The maximum absolute atomic E-state index is 12.7. The molecule has 0 spiro atoms. The lowest BCUT2D eigenvalue weighted by Gasteiger charge is -2.25. The van der Waals surface area contributed by atoms with Crippen molar-refractivity contribution in [1.82, 2.24) is 15.2 Å². The standard InChI is InChI=1S/C21H27N3O2S/c1-4-6-19(25)24-12-5-7-18(24)21(26)23-14(2)16-8-10-17(11-9-16)20-15(3)22-13-27-20/h8-11,13-14,18H,4-7,12H2,1-3H3,(H,23,26).